The van der Waals surface area contributed by atoms with Crippen LogP contribution in [0.15, 0.2) is 36.4 Å². The van der Waals surface area contributed by atoms with Gasteiger partial charge in [-0.15, -0.1) is 0 Å². The summed E-state index contributed by atoms with van der Waals surface area (Å²) in [6.07, 6.45) is 0. The Morgan fingerprint density at radius 2 is 2.00 bits per heavy atom. The number of nitrogens with zero attached hydrogens (tertiary/aromatic N) is 2. The fourth-order valence-electron chi connectivity index (χ4n) is 2.25. The Labute approximate surface area is 124 Å². The van der Waals surface area contributed by atoms with Crippen LogP contribution >= 0.6 is 0 Å². The molecule has 110 valence electrons. The van der Waals surface area contributed by atoms with Crippen molar-refractivity contribution in [2.75, 3.05) is 6.54 Å². The molecule has 0 spiro atoms. The van der Waals surface area contributed by atoms with Gasteiger partial charge in [-0.3, -0.25) is 9.78 Å². The van der Waals surface area contributed by atoms with E-state index in [1.807, 2.05) is 32.0 Å². The second-order valence-electron chi connectivity index (χ2n) is 5.05. The minimum atomic E-state index is -0.326. The van der Waals surface area contributed by atoms with E-state index >= 15 is 0 Å². The molecule has 2 aromatic rings. The van der Waals surface area contributed by atoms with Gasteiger partial charge in [0.2, 0.25) is 0 Å². The number of pyridine rings is 1. The van der Waals surface area contributed by atoms with Crippen molar-refractivity contribution in [3.8, 4) is 0 Å². The molecule has 0 saturated carbocycles. The van der Waals surface area contributed by atoms with E-state index in [0.717, 1.165) is 11.4 Å². The molecule has 4 heteroatoms. The normalized spacial score (nSPS) is 10.5. The van der Waals surface area contributed by atoms with Crippen LogP contribution in [0.4, 0.5) is 4.39 Å². The fourth-order valence-corrected chi connectivity index (χ4v) is 2.25. The van der Waals surface area contributed by atoms with Gasteiger partial charge in [-0.25, -0.2) is 4.39 Å². The summed E-state index contributed by atoms with van der Waals surface area (Å²) in [6, 6.07) is 10.00. The van der Waals surface area contributed by atoms with E-state index in [1.54, 1.807) is 17.9 Å². The summed E-state index contributed by atoms with van der Waals surface area (Å²) in [5.41, 5.74) is 2.96. The molecule has 0 atom stereocenters. The molecular weight excluding hydrogens is 267 g/mol. The van der Waals surface area contributed by atoms with E-state index < -0.39 is 0 Å². The molecule has 0 aliphatic carbocycles. The van der Waals surface area contributed by atoms with E-state index in [0.29, 0.717) is 24.2 Å². The second kappa shape index (κ2) is 6.48. The van der Waals surface area contributed by atoms with Crippen LogP contribution in [0.1, 0.15) is 34.2 Å². The smallest absolute Gasteiger partial charge is 0.254 e. The highest BCUT2D eigenvalue weighted by molar-refractivity contribution is 5.95. The van der Waals surface area contributed by atoms with Crippen LogP contribution in [0.25, 0.3) is 0 Å². The highest BCUT2D eigenvalue weighted by atomic mass is 19.1. The van der Waals surface area contributed by atoms with E-state index in [4.69, 9.17) is 0 Å². The number of hydrogen-bond acceptors (Lipinski definition) is 2. The van der Waals surface area contributed by atoms with Crippen molar-refractivity contribution in [1.29, 1.82) is 0 Å². The van der Waals surface area contributed by atoms with Gasteiger partial charge in [-0.1, -0.05) is 6.07 Å². The lowest BCUT2D eigenvalue weighted by Crippen LogP contribution is -2.31. The molecule has 0 radical (unpaired) electrons. The first-order valence-corrected chi connectivity index (χ1v) is 6.99. The zero-order chi connectivity index (χ0) is 15.4. The molecule has 2 rings (SSSR count). The van der Waals surface area contributed by atoms with Crippen LogP contribution in [-0.4, -0.2) is 22.3 Å². The number of hydrogen-bond donors (Lipinski definition) is 0. The molecule has 1 amide bonds. The van der Waals surface area contributed by atoms with Gasteiger partial charge in [-0.2, -0.15) is 0 Å². The molecule has 1 aromatic carbocycles. The number of carbonyl (C=O) groups excluding carboxylic acids is 1. The summed E-state index contributed by atoms with van der Waals surface area (Å²) in [7, 11) is 0. The van der Waals surface area contributed by atoms with Crippen LogP contribution in [0.5, 0.6) is 0 Å². The van der Waals surface area contributed by atoms with Crippen molar-refractivity contribution < 1.29 is 9.18 Å². The topological polar surface area (TPSA) is 33.2 Å². The fraction of sp³-hybridized carbons (Fsp3) is 0.294. The maximum Gasteiger partial charge on any atom is 0.254 e. The van der Waals surface area contributed by atoms with E-state index in [1.165, 1.54) is 12.1 Å². The zero-order valence-corrected chi connectivity index (χ0v) is 12.6. The van der Waals surface area contributed by atoms with Crippen LogP contribution < -0.4 is 0 Å². The van der Waals surface area contributed by atoms with E-state index in [2.05, 4.69) is 4.98 Å². The van der Waals surface area contributed by atoms with Crippen LogP contribution in [0.2, 0.25) is 0 Å². The number of halogens is 1. The minimum Gasteiger partial charge on any atom is -0.333 e. The molecule has 0 N–H and O–H groups in total. The van der Waals surface area contributed by atoms with Gasteiger partial charge >= 0.3 is 0 Å². The van der Waals surface area contributed by atoms with Gasteiger partial charge in [-0.05, 0) is 56.7 Å². The molecule has 0 fully saturated rings. The molecule has 1 heterocycles. The molecule has 0 saturated heterocycles. The Morgan fingerprint density at radius 3 is 2.62 bits per heavy atom. The van der Waals surface area contributed by atoms with Crippen LogP contribution in [0, 0.1) is 19.7 Å². The summed E-state index contributed by atoms with van der Waals surface area (Å²) in [5, 5.41) is 0. The van der Waals surface area contributed by atoms with Gasteiger partial charge in [0, 0.05) is 17.8 Å². The second-order valence-corrected chi connectivity index (χ2v) is 5.05. The highest BCUT2D eigenvalue weighted by Gasteiger charge is 2.17. The molecule has 21 heavy (non-hydrogen) atoms. The molecule has 1 aromatic heterocycles. The number of aromatic nitrogens is 1. The van der Waals surface area contributed by atoms with Crippen molar-refractivity contribution in [2.45, 2.75) is 27.3 Å². The number of rotatable bonds is 4. The van der Waals surface area contributed by atoms with Gasteiger partial charge in [0.1, 0.15) is 5.82 Å². The van der Waals surface area contributed by atoms with Gasteiger partial charge in [0.05, 0.1) is 12.2 Å². The van der Waals surface area contributed by atoms with Crippen molar-refractivity contribution in [3.63, 3.8) is 0 Å². The summed E-state index contributed by atoms with van der Waals surface area (Å²) < 4.78 is 13.2. The standard InChI is InChI=1S/C17H19FN2O/c1-4-20(11-15-7-5-6-13(3)19-15)17(21)16-9-8-14(18)10-12(16)2/h5-10H,4,11H2,1-3H3. The lowest BCUT2D eigenvalue weighted by atomic mass is 10.1. The predicted octanol–water partition coefficient (Wildman–Crippen LogP) is 3.50. The third-order valence-corrected chi connectivity index (χ3v) is 3.39. The Balaban J connectivity index is 2.22. The third kappa shape index (κ3) is 3.66. The monoisotopic (exact) mass is 286 g/mol. The molecule has 0 aliphatic rings. The summed E-state index contributed by atoms with van der Waals surface area (Å²) in [4.78, 5) is 18.7. The number of aryl methyl sites for hydroxylation is 2. The highest BCUT2D eigenvalue weighted by Crippen LogP contribution is 2.14. The summed E-state index contributed by atoms with van der Waals surface area (Å²) in [5.74, 6) is -0.425. The third-order valence-electron chi connectivity index (χ3n) is 3.39. The Morgan fingerprint density at radius 1 is 1.24 bits per heavy atom. The largest absolute Gasteiger partial charge is 0.333 e. The number of carbonyl (C=O) groups is 1. The Hall–Kier alpha value is -2.23. The Bertz CT molecular complexity index is 655. The molecule has 0 aliphatic heterocycles. The van der Waals surface area contributed by atoms with Crippen LogP contribution in [-0.2, 0) is 6.54 Å². The lowest BCUT2D eigenvalue weighted by molar-refractivity contribution is 0.0749. The molecular formula is C17H19FN2O. The lowest BCUT2D eigenvalue weighted by Gasteiger charge is -2.21. The van der Waals surface area contributed by atoms with Gasteiger partial charge in [0.15, 0.2) is 0 Å². The summed E-state index contributed by atoms with van der Waals surface area (Å²) >= 11 is 0. The first-order chi connectivity index (χ1) is 10.0. The quantitative estimate of drug-likeness (QED) is 0.862. The molecule has 3 nitrogen and oxygen atoms in total. The Kier molecular flexibility index (Phi) is 4.68. The average Bonchev–Trinajstić information content (AvgIpc) is 2.44. The van der Waals surface area contributed by atoms with E-state index in [-0.39, 0.29) is 11.7 Å². The minimum absolute atomic E-state index is 0.0988. The maximum atomic E-state index is 13.2. The molecule has 0 bridgehead atoms. The van der Waals surface area contributed by atoms with Crippen molar-refractivity contribution in [1.82, 2.24) is 9.88 Å². The number of benzene rings is 1. The van der Waals surface area contributed by atoms with Crippen LogP contribution in [0.3, 0.4) is 0 Å². The van der Waals surface area contributed by atoms with Crippen molar-refractivity contribution in [2.24, 2.45) is 0 Å². The zero-order valence-electron chi connectivity index (χ0n) is 12.6. The predicted molar refractivity (Wildman–Crippen MR) is 80.5 cm³/mol. The van der Waals surface area contributed by atoms with Gasteiger partial charge < -0.3 is 4.90 Å². The number of amides is 1. The maximum absolute atomic E-state index is 13.2. The van der Waals surface area contributed by atoms with E-state index in [9.17, 15) is 9.18 Å². The van der Waals surface area contributed by atoms with Gasteiger partial charge in [0.25, 0.3) is 5.91 Å². The first-order valence-electron chi connectivity index (χ1n) is 6.99. The summed E-state index contributed by atoms with van der Waals surface area (Å²) in [6.45, 7) is 6.62. The average molecular weight is 286 g/mol. The van der Waals surface area contributed by atoms with Crippen molar-refractivity contribution in [3.05, 3.63) is 64.7 Å². The first kappa shape index (κ1) is 15.2. The van der Waals surface area contributed by atoms with Crippen molar-refractivity contribution >= 4 is 5.91 Å². The molecule has 0 unspecified atom stereocenters. The SMILES string of the molecule is CCN(Cc1cccc(C)n1)C(=O)c1ccc(F)cc1C.